The molecule has 0 fully saturated rings. The van der Waals surface area contributed by atoms with Crippen LogP contribution in [0.4, 0.5) is 13.2 Å². The SMILES string of the molecule is CN=C(NCCNC(=O)c1ccccc1)NCc1cccc(C(F)(F)F)c1.I. The zero-order valence-electron chi connectivity index (χ0n) is 15.2. The quantitative estimate of drug-likeness (QED) is 0.244. The molecule has 28 heavy (non-hydrogen) atoms. The summed E-state index contributed by atoms with van der Waals surface area (Å²) in [4.78, 5) is 15.9. The molecule has 0 radical (unpaired) electrons. The molecule has 0 saturated heterocycles. The lowest BCUT2D eigenvalue weighted by atomic mass is 10.1. The summed E-state index contributed by atoms with van der Waals surface area (Å²) in [5.41, 5.74) is 0.378. The maximum atomic E-state index is 12.7. The molecule has 0 aliphatic rings. The first-order valence-electron chi connectivity index (χ1n) is 8.34. The molecule has 0 aliphatic heterocycles. The summed E-state index contributed by atoms with van der Waals surface area (Å²) < 4.78 is 38.2. The lowest BCUT2D eigenvalue weighted by Crippen LogP contribution is -2.41. The fourth-order valence-corrected chi connectivity index (χ4v) is 2.31. The fraction of sp³-hybridized carbons (Fsp3) is 0.263. The Hall–Kier alpha value is -2.30. The first kappa shape index (κ1) is 23.7. The largest absolute Gasteiger partial charge is 0.416 e. The Labute approximate surface area is 178 Å². The van der Waals surface area contributed by atoms with E-state index >= 15 is 0 Å². The van der Waals surface area contributed by atoms with Gasteiger partial charge in [-0.05, 0) is 29.8 Å². The van der Waals surface area contributed by atoms with Gasteiger partial charge in [-0.3, -0.25) is 9.79 Å². The number of amides is 1. The number of hydrogen-bond acceptors (Lipinski definition) is 2. The van der Waals surface area contributed by atoms with Gasteiger partial charge in [0, 0.05) is 32.2 Å². The van der Waals surface area contributed by atoms with E-state index in [0.29, 0.717) is 30.2 Å². The van der Waals surface area contributed by atoms with E-state index in [0.717, 1.165) is 12.1 Å². The van der Waals surface area contributed by atoms with E-state index < -0.39 is 11.7 Å². The number of nitrogens with one attached hydrogen (secondary N) is 3. The summed E-state index contributed by atoms with van der Waals surface area (Å²) in [6.07, 6.45) is -4.37. The van der Waals surface area contributed by atoms with Crippen LogP contribution in [0.5, 0.6) is 0 Å². The zero-order chi connectivity index (χ0) is 19.7. The van der Waals surface area contributed by atoms with E-state index in [1.807, 2.05) is 6.07 Å². The minimum atomic E-state index is -4.37. The molecule has 3 N–H and O–H groups in total. The molecule has 0 unspecified atom stereocenters. The second-order valence-corrected chi connectivity index (χ2v) is 5.67. The number of carbonyl (C=O) groups excluding carboxylic acids is 1. The van der Waals surface area contributed by atoms with Crippen molar-refractivity contribution in [1.29, 1.82) is 0 Å². The molecule has 0 aromatic heterocycles. The fourth-order valence-electron chi connectivity index (χ4n) is 2.31. The molecular formula is C19H22F3IN4O. The molecule has 2 aromatic carbocycles. The maximum Gasteiger partial charge on any atom is 0.416 e. The highest BCUT2D eigenvalue weighted by molar-refractivity contribution is 14.0. The van der Waals surface area contributed by atoms with E-state index in [1.54, 1.807) is 37.4 Å². The van der Waals surface area contributed by atoms with Crippen molar-refractivity contribution >= 4 is 35.8 Å². The topological polar surface area (TPSA) is 65.5 Å². The number of guanidine groups is 1. The van der Waals surface area contributed by atoms with Gasteiger partial charge in [0.25, 0.3) is 5.91 Å². The van der Waals surface area contributed by atoms with Crippen molar-refractivity contribution in [1.82, 2.24) is 16.0 Å². The zero-order valence-corrected chi connectivity index (χ0v) is 17.5. The number of alkyl halides is 3. The lowest BCUT2D eigenvalue weighted by Gasteiger charge is -2.13. The van der Waals surface area contributed by atoms with E-state index in [2.05, 4.69) is 20.9 Å². The van der Waals surface area contributed by atoms with Crippen LogP contribution in [0, 0.1) is 0 Å². The average Bonchev–Trinajstić information content (AvgIpc) is 2.67. The van der Waals surface area contributed by atoms with Gasteiger partial charge >= 0.3 is 6.18 Å². The van der Waals surface area contributed by atoms with Gasteiger partial charge in [-0.1, -0.05) is 30.3 Å². The number of aliphatic imine (C=N–C) groups is 1. The van der Waals surface area contributed by atoms with Crippen molar-refractivity contribution in [3.63, 3.8) is 0 Å². The van der Waals surface area contributed by atoms with Crippen LogP contribution >= 0.6 is 24.0 Å². The Morgan fingerprint density at radius 1 is 0.964 bits per heavy atom. The van der Waals surface area contributed by atoms with Gasteiger partial charge in [0.1, 0.15) is 0 Å². The molecule has 9 heteroatoms. The van der Waals surface area contributed by atoms with E-state index in [9.17, 15) is 18.0 Å². The molecule has 5 nitrogen and oxygen atoms in total. The second kappa shape index (κ2) is 11.5. The van der Waals surface area contributed by atoms with Gasteiger partial charge < -0.3 is 16.0 Å². The first-order valence-corrected chi connectivity index (χ1v) is 8.34. The van der Waals surface area contributed by atoms with Gasteiger partial charge in [0.05, 0.1) is 5.56 Å². The van der Waals surface area contributed by atoms with Gasteiger partial charge in [-0.15, -0.1) is 24.0 Å². The first-order chi connectivity index (χ1) is 12.9. The van der Waals surface area contributed by atoms with Crippen molar-refractivity contribution < 1.29 is 18.0 Å². The molecule has 152 valence electrons. The number of carbonyl (C=O) groups is 1. The number of rotatable bonds is 6. The monoisotopic (exact) mass is 506 g/mol. The smallest absolute Gasteiger partial charge is 0.355 e. The van der Waals surface area contributed by atoms with Gasteiger partial charge in [-0.25, -0.2) is 0 Å². The molecule has 0 spiro atoms. The predicted molar refractivity (Wildman–Crippen MR) is 114 cm³/mol. The molecule has 2 rings (SSSR count). The lowest BCUT2D eigenvalue weighted by molar-refractivity contribution is -0.137. The van der Waals surface area contributed by atoms with Crippen LogP contribution < -0.4 is 16.0 Å². The van der Waals surface area contributed by atoms with E-state index in [1.165, 1.54) is 6.07 Å². The Balaban J connectivity index is 0.00000392. The third-order valence-corrected chi connectivity index (χ3v) is 3.68. The number of halogens is 4. The molecule has 0 bridgehead atoms. The van der Waals surface area contributed by atoms with E-state index in [4.69, 9.17) is 0 Å². The molecule has 0 atom stereocenters. The highest BCUT2D eigenvalue weighted by atomic mass is 127. The summed E-state index contributed by atoms with van der Waals surface area (Å²) in [6, 6.07) is 13.9. The minimum Gasteiger partial charge on any atom is -0.355 e. The van der Waals surface area contributed by atoms with Crippen LogP contribution in [-0.2, 0) is 12.7 Å². The Kier molecular flexibility index (Phi) is 9.77. The molecule has 0 heterocycles. The van der Waals surface area contributed by atoms with Crippen molar-refractivity contribution in [2.75, 3.05) is 20.1 Å². The maximum absolute atomic E-state index is 12.7. The molecule has 2 aromatic rings. The Morgan fingerprint density at radius 2 is 1.64 bits per heavy atom. The van der Waals surface area contributed by atoms with Gasteiger partial charge in [0.15, 0.2) is 5.96 Å². The molecular weight excluding hydrogens is 484 g/mol. The number of benzene rings is 2. The van der Waals surface area contributed by atoms with Crippen LogP contribution in [0.15, 0.2) is 59.6 Å². The second-order valence-electron chi connectivity index (χ2n) is 5.67. The van der Waals surface area contributed by atoms with Crippen molar-refractivity contribution in [3.05, 3.63) is 71.3 Å². The molecule has 0 saturated carbocycles. The number of hydrogen-bond donors (Lipinski definition) is 3. The average molecular weight is 506 g/mol. The third kappa shape index (κ3) is 7.75. The van der Waals surface area contributed by atoms with Gasteiger partial charge in [0.2, 0.25) is 0 Å². The van der Waals surface area contributed by atoms with Gasteiger partial charge in [-0.2, -0.15) is 13.2 Å². The standard InChI is InChI=1S/C19H21F3N4O.HI/c1-23-18(25-11-10-24-17(27)15-7-3-2-4-8-15)26-13-14-6-5-9-16(12-14)19(20,21)22;/h2-9,12H,10-11,13H2,1H3,(H,24,27)(H2,23,25,26);1H. The van der Waals surface area contributed by atoms with Crippen LogP contribution in [-0.4, -0.2) is 32.0 Å². The molecule has 0 aliphatic carbocycles. The third-order valence-electron chi connectivity index (χ3n) is 3.68. The van der Waals surface area contributed by atoms with E-state index in [-0.39, 0.29) is 36.4 Å². The molecule has 1 amide bonds. The summed E-state index contributed by atoms with van der Waals surface area (Å²) in [6.45, 7) is 0.985. The normalized spacial score (nSPS) is 11.4. The predicted octanol–water partition coefficient (Wildman–Crippen LogP) is 3.42. The summed E-state index contributed by atoms with van der Waals surface area (Å²) in [5.74, 6) is 0.255. The Morgan fingerprint density at radius 3 is 2.29 bits per heavy atom. The highest BCUT2D eigenvalue weighted by Gasteiger charge is 2.30. The summed E-state index contributed by atoms with van der Waals surface area (Å²) >= 11 is 0. The number of nitrogens with zero attached hydrogens (tertiary/aromatic N) is 1. The van der Waals surface area contributed by atoms with Crippen molar-refractivity contribution in [2.45, 2.75) is 12.7 Å². The minimum absolute atomic E-state index is 0. The van der Waals surface area contributed by atoms with Crippen molar-refractivity contribution in [2.24, 2.45) is 4.99 Å². The summed E-state index contributed by atoms with van der Waals surface area (Å²) in [7, 11) is 1.56. The van der Waals surface area contributed by atoms with Crippen LogP contribution in [0.25, 0.3) is 0 Å². The van der Waals surface area contributed by atoms with Crippen LogP contribution in [0.3, 0.4) is 0 Å². The van der Waals surface area contributed by atoms with Crippen molar-refractivity contribution in [3.8, 4) is 0 Å². The van der Waals surface area contributed by atoms with Crippen LogP contribution in [0.2, 0.25) is 0 Å². The van der Waals surface area contributed by atoms with Crippen LogP contribution in [0.1, 0.15) is 21.5 Å². The Bertz CT molecular complexity index is 782. The highest BCUT2D eigenvalue weighted by Crippen LogP contribution is 2.29. The summed E-state index contributed by atoms with van der Waals surface area (Å²) in [5, 5.41) is 8.70.